The fourth-order valence-electron chi connectivity index (χ4n) is 3.30. The molecule has 1 saturated carbocycles. The van der Waals surface area contributed by atoms with E-state index in [9.17, 15) is 9.59 Å². The van der Waals surface area contributed by atoms with Crippen molar-refractivity contribution in [3.8, 4) is 0 Å². The molecular weight excluding hydrogens is 362 g/mol. The van der Waals surface area contributed by atoms with Crippen molar-refractivity contribution in [2.45, 2.75) is 49.4 Å². The highest BCUT2D eigenvalue weighted by Crippen LogP contribution is 2.34. The largest absolute Gasteiger partial charge is 0.338 e. The van der Waals surface area contributed by atoms with Gasteiger partial charge in [-0.3, -0.25) is 15.2 Å². The van der Waals surface area contributed by atoms with Crippen LogP contribution >= 0.6 is 11.8 Å². The van der Waals surface area contributed by atoms with Gasteiger partial charge < -0.3 is 5.32 Å². The van der Waals surface area contributed by atoms with E-state index < -0.39 is 11.3 Å². The second-order valence-corrected chi connectivity index (χ2v) is 7.75. The highest BCUT2D eigenvalue weighted by molar-refractivity contribution is 8.00. The van der Waals surface area contributed by atoms with E-state index in [1.54, 1.807) is 6.92 Å². The summed E-state index contributed by atoms with van der Waals surface area (Å²) in [6.07, 6.45) is 5.96. The van der Waals surface area contributed by atoms with Crippen LogP contribution in [-0.4, -0.2) is 33.7 Å². The number of carbonyl (C=O) groups is 2. The summed E-state index contributed by atoms with van der Waals surface area (Å²) in [6.45, 7) is 2.25. The van der Waals surface area contributed by atoms with E-state index in [1.165, 1.54) is 37.4 Å². The zero-order chi connectivity index (χ0) is 19.1. The smallest absolute Gasteiger partial charge is 0.321 e. The van der Waals surface area contributed by atoms with Crippen LogP contribution in [0.5, 0.6) is 0 Å². The fraction of sp³-hybridized carbons (Fsp3) is 0.474. The van der Waals surface area contributed by atoms with Gasteiger partial charge in [0.05, 0.1) is 0 Å². The van der Waals surface area contributed by atoms with Crippen LogP contribution in [0.1, 0.15) is 49.2 Å². The SMILES string of the molecule is CCNC(=O)NC(=O)C(Sc1n[nH]c(CC2CCCC2)n1)c1ccccc1. The Hall–Kier alpha value is -2.35. The molecule has 8 heteroatoms. The molecule has 3 rings (SSSR count). The number of amides is 3. The summed E-state index contributed by atoms with van der Waals surface area (Å²) in [7, 11) is 0. The molecule has 0 radical (unpaired) electrons. The molecule has 1 heterocycles. The number of nitrogens with zero attached hydrogens (tertiary/aromatic N) is 2. The van der Waals surface area contributed by atoms with Crippen LogP contribution in [-0.2, 0) is 11.2 Å². The van der Waals surface area contributed by atoms with E-state index in [0.29, 0.717) is 17.6 Å². The number of urea groups is 1. The van der Waals surface area contributed by atoms with Crippen molar-refractivity contribution in [2.75, 3.05) is 6.54 Å². The molecule has 0 spiro atoms. The van der Waals surface area contributed by atoms with E-state index in [2.05, 4.69) is 25.8 Å². The monoisotopic (exact) mass is 387 g/mol. The molecule has 0 bridgehead atoms. The van der Waals surface area contributed by atoms with Crippen molar-refractivity contribution in [1.82, 2.24) is 25.8 Å². The molecule has 144 valence electrons. The van der Waals surface area contributed by atoms with Crippen molar-refractivity contribution in [2.24, 2.45) is 5.92 Å². The van der Waals surface area contributed by atoms with Crippen molar-refractivity contribution in [3.05, 3.63) is 41.7 Å². The molecule has 1 unspecified atom stereocenters. The van der Waals surface area contributed by atoms with Gasteiger partial charge in [-0.15, -0.1) is 5.10 Å². The molecule has 1 aromatic carbocycles. The molecule has 1 aromatic heterocycles. The number of carbonyl (C=O) groups excluding carboxylic acids is 2. The molecule has 1 aliphatic rings. The third kappa shape index (κ3) is 5.56. The summed E-state index contributed by atoms with van der Waals surface area (Å²) in [4.78, 5) is 29.0. The van der Waals surface area contributed by atoms with E-state index in [4.69, 9.17) is 0 Å². The molecule has 3 N–H and O–H groups in total. The molecule has 3 amide bonds. The van der Waals surface area contributed by atoms with Gasteiger partial charge in [0.2, 0.25) is 11.1 Å². The number of H-pyrrole nitrogens is 1. The Labute approximate surface area is 163 Å². The van der Waals surface area contributed by atoms with E-state index in [1.807, 2.05) is 30.3 Å². The number of benzene rings is 1. The maximum Gasteiger partial charge on any atom is 0.321 e. The number of imide groups is 1. The zero-order valence-corrected chi connectivity index (χ0v) is 16.2. The molecule has 0 aliphatic heterocycles. The fourth-order valence-corrected chi connectivity index (χ4v) is 4.23. The van der Waals surface area contributed by atoms with Crippen LogP contribution in [0, 0.1) is 5.92 Å². The number of hydrogen-bond donors (Lipinski definition) is 3. The van der Waals surface area contributed by atoms with E-state index >= 15 is 0 Å². The number of aromatic nitrogens is 3. The van der Waals surface area contributed by atoms with Crippen LogP contribution in [0.25, 0.3) is 0 Å². The van der Waals surface area contributed by atoms with Gasteiger partial charge in [0.25, 0.3) is 0 Å². The minimum atomic E-state index is -0.607. The van der Waals surface area contributed by atoms with Crippen molar-refractivity contribution in [1.29, 1.82) is 0 Å². The van der Waals surface area contributed by atoms with Gasteiger partial charge in [-0.05, 0) is 18.4 Å². The number of aromatic amines is 1. The van der Waals surface area contributed by atoms with Crippen molar-refractivity contribution in [3.63, 3.8) is 0 Å². The Morgan fingerprint density at radius 1 is 1.26 bits per heavy atom. The quantitative estimate of drug-likeness (QED) is 0.634. The topological polar surface area (TPSA) is 99.8 Å². The standard InChI is InChI=1S/C19H25N5O2S/c1-2-20-18(26)22-17(25)16(14-10-4-3-5-11-14)27-19-21-15(23-24-19)12-13-8-6-7-9-13/h3-5,10-11,13,16H,2,6-9,12H2,1H3,(H,21,23,24)(H2,20,22,25,26). The minimum absolute atomic E-state index is 0.390. The molecule has 7 nitrogen and oxygen atoms in total. The maximum atomic E-state index is 12.7. The third-order valence-corrected chi connectivity index (χ3v) is 5.72. The van der Waals surface area contributed by atoms with Gasteiger partial charge in [-0.25, -0.2) is 9.78 Å². The highest BCUT2D eigenvalue weighted by Gasteiger charge is 2.26. The Morgan fingerprint density at radius 2 is 2.00 bits per heavy atom. The first-order valence-corrected chi connectivity index (χ1v) is 10.2. The molecule has 0 saturated heterocycles. The first-order valence-electron chi connectivity index (χ1n) is 9.37. The normalized spacial score (nSPS) is 15.4. The first-order chi connectivity index (χ1) is 13.2. The summed E-state index contributed by atoms with van der Waals surface area (Å²) < 4.78 is 0. The van der Waals surface area contributed by atoms with E-state index in [0.717, 1.165) is 17.8 Å². The molecule has 2 aromatic rings. The summed E-state index contributed by atoms with van der Waals surface area (Å²) in [5, 5.41) is 12.1. The van der Waals surface area contributed by atoms with Crippen LogP contribution in [0.4, 0.5) is 4.79 Å². The summed E-state index contributed by atoms with van der Waals surface area (Å²) >= 11 is 1.24. The number of rotatable bonds is 7. The molecular formula is C19H25N5O2S. The second-order valence-electron chi connectivity index (χ2n) is 6.68. The van der Waals surface area contributed by atoms with Crippen LogP contribution in [0.2, 0.25) is 0 Å². The lowest BCUT2D eigenvalue weighted by Gasteiger charge is -2.14. The predicted molar refractivity (Wildman–Crippen MR) is 104 cm³/mol. The minimum Gasteiger partial charge on any atom is -0.338 e. The van der Waals surface area contributed by atoms with Gasteiger partial charge in [0.1, 0.15) is 11.1 Å². The van der Waals surface area contributed by atoms with Gasteiger partial charge in [0.15, 0.2) is 0 Å². The van der Waals surface area contributed by atoms with Crippen molar-refractivity contribution < 1.29 is 9.59 Å². The highest BCUT2D eigenvalue weighted by atomic mass is 32.2. The van der Waals surface area contributed by atoms with Crippen LogP contribution in [0.15, 0.2) is 35.5 Å². The Kier molecular flexibility index (Phi) is 6.86. The van der Waals surface area contributed by atoms with E-state index in [-0.39, 0.29) is 5.91 Å². The van der Waals surface area contributed by atoms with Crippen LogP contribution < -0.4 is 10.6 Å². The van der Waals surface area contributed by atoms with Gasteiger partial charge in [0, 0.05) is 13.0 Å². The average Bonchev–Trinajstić information content (AvgIpc) is 3.33. The predicted octanol–water partition coefficient (Wildman–Crippen LogP) is 3.22. The van der Waals surface area contributed by atoms with Crippen LogP contribution in [0.3, 0.4) is 0 Å². The lowest BCUT2D eigenvalue weighted by Crippen LogP contribution is -2.41. The molecule has 27 heavy (non-hydrogen) atoms. The third-order valence-electron chi connectivity index (χ3n) is 4.61. The lowest BCUT2D eigenvalue weighted by atomic mass is 10.0. The Morgan fingerprint density at radius 3 is 2.70 bits per heavy atom. The number of hydrogen-bond acceptors (Lipinski definition) is 5. The summed E-state index contributed by atoms with van der Waals surface area (Å²) in [5.74, 6) is 1.14. The maximum absolute atomic E-state index is 12.7. The first kappa shape index (κ1) is 19.4. The summed E-state index contributed by atoms with van der Waals surface area (Å²) in [5.41, 5.74) is 0.798. The van der Waals surface area contributed by atoms with Gasteiger partial charge >= 0.3 is 6.03 Å². The zero-order valence-electron chi connectivity index (χ0n) is 15.4. The Balaban J connectivity index is 1.70. The van der Waals surface area contributed by atoms with Gasteiger partial charge in [-0.1, -0.05) is 67.8 Å². The molecule has 1 aliphatic carbocycles. The molecule has 1 fully saturated rings. The number of thioether (sulfide) groups is 1. The Bertz CT molecular complexity index is 758. The van der Waals surface area contributed by atoms with Gasteiger partial charge in [-0.2, -0.15) is 0 Å². The second kappa shape index (κ2) is 9.55. The summed E-state index contributed by atoms with van der Waals surface area (Å²) in [6, 6.07) is 8.85. The molecule has 1 atom stereocenters. The average molecular weight is 388 g/mol. The number of nitrogens with one attached hydrogen (secondary N) is 3. The van der Waals surface area contributed by atoms with Crippen molar-refractivity contribution >= 4 is 23.7 Å². The lowest BCUT2D eigenvalue weighted by molar-refractivity contribution is -0.119.